The van der Waals surface area contributed by atoms with Gasteiger partial charge in [-0.1, -0.05) is 56.0 Å². The van der Waals surface area contributed by atoms with E-state index in [2.05, 4.69) is 27.4 Å². The number of rotatable bonds is 7. The fourth-order valence-corrected chi connectivity index (χ4v) is 4.52. The summed E-state index contributed by atoms with van der Waals surface area (Å²) in [5.74, 6) is 1.14. The lowest BCUT2D eigenvalue weighted by molar-refractivity contribution is -0.125. The molecule has 4 rings (SSSR count). The van der Waals surface area contributed by atoms with E-state index in [1.807, 2.05) is 18.2 Å². The molecule has 0 spiro atoms. The molecule has 2 aliphatic rings. The van der Waals surface area contributed by atoms with Crippen LogP contribution in [0.2, 0.25) is 0 Å². The van der Waals surface area contributed by atoms with Crippen LogP contribution in [0.5, 0.6) is 0 Å². The van der Waals surface area contributed by atoms with Gasteiger partial charge in [-0.15, -0.1) is 0 Å². The summed E-state index contributed by atoms with van der Waals surface area (Å²) in [6.07, 6.45) is 7.29. The smallest absolute Gasteiger partial charge is 0.256 e. The Labute approximate surface area is 171 Å². The number of aromatic nitrogens is 2. The highest BCUT2D eigenvalue weighted by molar-refractivity contribution is 5.78. The second-order valence-corrected chi connectivity index (χ2v) is 8.23. The van der Waals surface area contributed by atoms with Crippen molar-refractivity contribution in [1.82, 2.24) is 15.3 Å². The fourth-order valence-electron chi connectivity index (χ4n) is 4.52. The van der Waals surface area contributed by atoms with Crippen molar-refractivity contribution in [1.29, 1.82) is 0 Å². The first-order chi connectivity index (χ1) is 14.2. The fraction of sp³-hybridized carbons (Fsp3) is 0.522. The third-order valence-corrected chi connectivity index (χ3v) is 6.10. The Morgan fingerprint density at radius 3 is 2.83 bits per heavy atom. The minimum atomic E-state index is -0.161. The zero-order valence-corrected chi connectivity index (χ0v) is 16.8. The van der Waals surface area contributed by atoms with Gasteiger partial charge in [-0.2, -0.15) is 0 Å². The van der Waals surface area contributed by atoms with Crippen molar-refractivity contribution in [3.8, 4) is 0 Å². The Kier molecular flexibility index (Phi) is 6.39. The van der Waals surface area contributed by atoms with E-state index in [-0.39, 0.29) is 23.9 Å². The quantitative estimate of drug-likeness (QED) is 0.755. The Morgan fingerprint density at radius 1 is 1.24 bits per heavy atom. The summed E-state index contributed by atoms with van der Waals surface area (Å²) in [7, 11) is 0. The summed E-state index contributed by atoms with van der Waals surface area (Å²) < 4.78 is 5.34. The maximum absolute atomic E-state index is 13.0. The molecule has 6 heteroatoms. The number of ether oxygens (including phenoxy) is 1. The van der Waals surface area contributed by atoms with Crippen molar-refractivity contribution in [3.63, 3.8) is 0 Å². The van der Waals surface area contributed by atoms with E-state index in [0.29, 0.717) is 36.9 Å². The summed E-state index contributed by atoms with van der Waals surface area (Å²) in [5.41, 5.74) is 2.42. The average molecular weight is 396 g/mol. The predicted octanol–water partition coefficient (Wildman–Crippen LogP) is 2.90. The molecule has 0 radical (unpaired) electrons. The van der Waals surface area contributed by atoms with E-state index >= 15 is 0 Å². The lowest BCUT2D eigenvalue weighted by Crippen LogP contribution is -2.34. The molecule has 2 aromatic rings. The molecule has 1 amide bonds. The van der Waals surface area contributed by atoms with Gasteiger partial charge >= 0.3 is 0 Å². The summed E-state index contributed by atoms with van der Waals surface area (Å²) in [6, 6.07) is 10.2. The summed E-state index contributed by atoms with van der Waals surface area (Å²) >= 11 is 0. The van der Waals surface area contributed by atoms with Crippen molar-refractivity contribution in [2.75, 3.05) is 6.61 Å². The molecule has 2 N–H and O–H groups in total. The minimum absolute atomic E-state index is 0.0458. The molecule has 0 saturated heterocycles. The predicted molar refractivity (Wildman–Crippen MR) is 110 cm³/mol. The van der Waals surface area contributed by atoms with Crippen LogP contribution in [0.25, 0.3) is 0 Å². The van der Waals surface area contributed by atoms with Gasteiger partial charge in [-0.05, 0) is 24.3 Å². The number of carbonyl (C=O) groups excluding carboxylic acids is 1. The monoisotopic (exact) mass is 395 g/mol. The third kappa shape index (κ3) is 5.12. The number of hydrogen-bond donors (Lipinski definition) is 2. The van der Waals surface area contributed by atoms with Crippen LogP contribution in [0.4, 0.5) is 0 Å². The number of H-pyrrole nitrogens is 1. The van der Waals surface area contributed by atoms with Crippen LogP contribution in [0.1, 0.15) is 54.7 Å². The lowest BCUT2D eigenvalue weighted by Gasteiger charge is -2.21. The first-order valence-electron chi connectivity index (χ1n) is 10.7. The van der Waals surface area contributed by atoms with Gasteiger partial charge in [-0.25, -0.2) is 4.98 Å². The highest BCUT2D eigenvalue weighted by Gasteiger charge is 2.26. The number of nitrogens with one attached hydrogen (secondary N) is 2. The summed E-state index contributed by atoms with van der Waals surface area (Å²) in [5, 5.41) is 3.02. The molecule has 2 heterocycles. The molecule has 6 nitrogen and oxygen atoms in total. The standard InChI is InChI=1S/C23H29N3O3/c27-22(24-14-21-25-20-10-11-29-15-19(20)23(28)26-21)18(13-17-8-4-5-9-17)12-16-6-2-1-3-7-16/h1-3,6-7,17-18H,4-5,8-15H2,(H,24,27)(H,25,26,28). The van der Waals surface area contributed by atoms with Crippen molar-refractivity contribution in [2.45, 2.75) is 58.1 Å². The van der Waals surface area contributed by atoms with Crippen LogP contribution in [0.15, 0.2) is 35.1 Å². The number of carbonyl (C=O) groups is 1. The molecule has 29 heavy (non-hydrogen) atoms. The molecule has 0 bridgehead atoms. The SMILES string of the molecule is O=C(NCc1nc2c(c(=O)[nH]1)COCC2)C(Cc1ccccc1)CC1CCCC1. The van der Waals surface area contributed by atoms with E-state index in [0.717, 1.165) is 18.5 Å². The first-order valence-corrected chi connectivity index (χ1v) is 10.7. The molecule has 1 aliphatic carbocycles. The van der Waals surface area contributed by atoms with Crippen molar-refractivity contribution < 1.29 is 9.53 Å². The molecule has 1 unspecified atom stereocenters. The zero-order valence-electron chi connectivity index (χ0n) is 16.8. The van der Waals surface area contributed by atoms with E-state index in [4.69, 9.17) is 4.74 Å². The van der Waals surface area contributed by atoms with E-state index in [9.17, 15) is 9.59 Å². The molecule has 154 valence electrons. The molecule has 1 aromatic carbocycles. The van der Waals surface area contributed by atoms with Gasteiger partial charge in [0.05, 0.1) is 31.0 Å². The van der Waals surface area contributed by atoms with Crippen molar-refractivity contribution in [2.24, 2.45) is 11.8 Å². The van der Waals surface area contributed by atoms with Crippen molar-refractivity contribution in [3.05, 3.63) is 63.3 Å². The van der Waals surface area contributed by atoms with E-state index in [1.165, 1.54) is 31.2 Å². The average Bonchev–Trinajstić information content (AvgIpc) is 3.25. The normalized spacial score (nSPS) is 17.7. The number of hydrogen-bond acceptors (Lipinski definition) is 4. The number of benzene rings is 1. The first kappa shape index (κ1) is 19.8. The van der Waals surface area contributed by atoms with Gasteiger partial charge in [0, 0.05) is 12.3 Å². The highest BCUT2D eigenvalue weighted by atomic mass is 16.5. The number of fused-ring (bicyclic) bond motifs is 1. The van der Waals surface area contributed by atoms with Gasteiger partial charge < -0.3 is 15.0 Å². The van der Waals surface area contributed by atoms with Crippen LogP contribution >= 0.6 is 0 Å². The number of amides is 1. The number of aromatic amines is 1. The third-order valence-electron chi connectivity index (χ3n) is 6.10. The number of nitrogens with zero attached hydrogens (tertiary/aromatic N) is 1. The van der Waals surface area contributed by atoms with Crippen LogP contribution in [0, 0.1) is 11.8 Å². The second-order valence-electron chi connectivity index (χ2n) is 8.23. The highest BCUT2D eigenvalue weighted by Crippen LogP contribution is 2.31. The molecule has 1 aromatic heterocycles. The Hall–Kier alpha value is -2.47. The largest absolute Gasteiger partial charge is 0.376 e. The van der Waals surface area contributed by atoms with Crippen LogP contribution < -0.4 is 10.9 Å². The Bertz CT molecular complexity index is 888. The maximum atomic E-state index is 13.0. The van der Waals surface area contributed by atoms with E-state index in [1.54, 1.807) is 0 Å². The van der Waals surface area contributed by atoms with Crippen molar-refractivity contribution >= 4 is 5.91 Å². The molecule has 1 fully saturated rings. The van der Waals surface area contributed by atoms with Gasteiger partial charge in [0.1, 0.15) is 5.82 Å². The maximum Gasteiger partial charge on any atom is 0.256 e. The molecular formula is C23H29N3O3. The van der Waals surface area contributed by atoms with Crippen LogP contribution in [-0.4, -0.2) is 22.5 Å². The summed E-state index contributed by atoms with van der Waals surface area (Å²) in [6.45, 7) is 1.14. The van der Waals surface area contributed by atoms with E-state index < -0.39 is 0 Å². The van der Waals surface area contributed by atoms with Crippen LogP contribution in [-0.2, 0) is 35.5 Å². The zero-order chi connectivity index (χ0) is 20.1. The molecular weight excluding hydrogens is 366 g/mol. The van der Waals surface area contributed by atoms with Gasteiger partial charge in [0.15, 0.2) is 0 Å². The van der Waals surface area contributed by atoms with Crippen LogP contribution in [0.3, 0.4) is 0 Å². The topological polar surface area (TPSA) is 84.1 Å². The Balaban J connectivity index is 1.43. The molecule has 1 saturated carbocycles. The molecule has 1 aliphatic heterocycles. The summed E-state index contributed by atoms with van der Waals surface area (Å²) in [4.78, 5) is 32.6. The minimum Gasteiger partial charge on any atom is -0.376 e. The van der Waals surface area contributed by atoms with Gasteiger partial charge in [0.25, 0.3) is 5.56 Å². The lowest BCUT2D eigenvalue weighted by atomic mass is 9.88. The second kappa shape index (κ2) is 9.35. The molecule has 1 atom stereocenters. The van der Waals surface area contributed by atoms with Gasteiger partial charge in [0.2, 0.25) is 5.91 Å². The Morgan fingerprint density at radius 2 is 2.03 bits per heavy atom. The van der Waals surface area contributed by atoms with Gasteiger partial charge in [-0.3, -0.25) is 9.59 Å².